The fourth-order valence-electron chi connectivity index (χ4n) is 2.13. The molecule has 2 nitrogen and oxygen atoms in total. The van der Waals surface area contributed by atoms with Crippen molar-refractivity contribution in [3.63, 3.8) is 0 Å². The van der Waals surface area contributed by atoms with Crippen molar-refractivity contribution in [2.75, 3.05) is 6.54 Å². The molecule has 1 unspecified atom stereocenters. The first-order valence-corrected chi connectivity index (χ1v) is 8.31. The first kappa shape index (κ1) is 15.1. The van der Waals surface area contributed by atoms with Gasteiger partial charge in [-0.15, -0.1) is 0 Å². The number of halogens is 2. The van der Waals surface area contributed by atoms with E-state index in [-0.39, 0.29) is 6.10 Å². The Hall–Kier alpha value is -0.320. The lowest BCUT2D eigenvalue weighted by Crippen LogP contribution is -2.16. The highest BCUT2D eigenvalue weighted by atomic mass is 79.9. The fraction of sp³-hybridized carbons (Fsp3) is 0.467. The van der Waals surface area contributed by atoms with Crippen molar-refractivity contribution in [3.05, 3.63) is 38.8 Å². The van der Waals surface area contributed by atoms with Crippen molar-refractivity contribution < 1.29 is 4.74 Å². The zero-order valence-electron chi connectivity index (χ0n) is 11.1. The minimum absolute atomic E-state index is 0.195. The summed E-state index contributed by atoms with van der Waals surface area (Å²) in [5.41, 5.74) is 1.24. The average Bonchev–Trinajstić information content (AvgIpc) is 2.42. The molecule has 104 valence electrons. The van der Waals surface area contributed by atoms with Crippen LogP contribution in [0.5, 0.6) is 5.75 Å². The first-order valence-electron chi connectivity index (χ1n) is 6.72. The van der Waals surface area contributed by atoms with E-state index in [2.05, 4.69) is 68.4 Å². The lowest BCUT2D eigenvalue weighted by molar-refractivity contribution is 0.227. The van der Waals surface area contributed by atoms with Crippen molar-refractivity contribution in [1.82, 2.24) is 5.32 Å². The second-order valence-corrected chi connectivity index (χ2v) is 6.39. The van der Waals surface area contributed by atoms with Gasteiger partial charge in [-0.1, -0.05) is 13.0 Å². The van der Waals surface area contributed by atoms with Crippen LogP contribution in [0.4, 0.5) is 0 Å². The summed E-state index contributed by atoms with van der Waals surface area (Å²) in [5, 5.41) is 3.33. The third kappa shape index (κ3) is 4.33. The second kappa shape index (κ2) is 7.46. The normalized spacial score (nSPS) is 18.6. The summed E-state index contributed by atoms with van der Waals surface area (Å²) in [4.78, 5) is 0. The van der Waals surface area contributed by atoms with Gasteiger partial charge in [0.2, 0.25) is 0 Å². The number of hydrogen-bond acceptors (Lipinski definition) is 2. The highest BCUT2D eigenvalue weighted by Crippen LogP contribution is 2.36. The van der Waals surface area contributed by atoms with E-state index in [1.54, 1.807) is 0 Å². The first-order chi connectivity index (χ1) is 9.20. The lowest BCUT2D eigenvalue weighted by atomic mass is 10.1. The summed E-state index contributed by atoms with van der Waals surface area (Å²) in [5.74, 6) is 0.900. The van der Waals surface area contributed by atoms with Gasteiger partial charge in [-0.05, 0) is 81.4 Å². The lowest BCUT2D eigenvalue weighted by Gasteiger charge is -2.20. The van der Waals surface area contributed by atoms with E-state index >= 15 is 0 Å². The van der Waals surface area contributed by atoms with Crippen LogP contribution in [0.3, 0.4) is 0 Å². The Morgan fingerprint density at radius 1 is 1.32 bits per heavy atom. The maximum absolute atomic E-state index is 6.08. The summed E-state index contributed by atoms with van der Waals surface area (Å²) < 4.78 is 8.09. The van der Waals surface area contributed by atoms with Gasteiger partial charge in [0.1, 0.15) is 11.9 Å². The molecule has 2 rings (SSSR count). The third-order valence-electron chi connectivity index (χ3n) is 3.12. The summed E-state index contributed by atoms with van der Waals surface area (Å²) in [7, 11) is 0. The zero-order chi connectivity index (χ0) is 13.7. The Balaban J connectivity index is 2.11. The summed E-state index contributed by atoms with van der Waals surface area (Å²) in [6.07, 6.45) is 8.03. The Morgan fingerprint density at radius 2 is 2.05 bits per heavy atom. The molecule has 4 heteroatoms. The molecule has 1 aliphatic rings. The minimum atomic E-state index is 0.195. The SMILES string of the molecule is CCNCc1cc(Br)c(OC2C=CCCC2)c(Br)c1. The van der Waals surface area contributed by atoms with E-state index in [0.29, 0.717) is 0 Å². The van der Waals surface area contributed by atoms with Crippen LogP contribution in [0.25, 0.3) is 0 Å². The van der Waals surface area contributed by atoms with Crippen molar-refractivity contribution >= 4 is 31.9 Å². The molecule has 0 aliphatic heterocycles. The van der Waals surface area contributed by atoms with E-state index in [9.17, 15) is 0 Å². The Kier molecular flexibility index (Phi) is 5.92. The van der Waals surface area contributed by atoms with Crippen LogP contribution in [0.15, 0.2) is 33.2 Å². The van der Waals surface area contributed by atoms with Gasteiger partial charge < -0.3 is 10.1 Å². The van der Waals surface area contributed by atoms with Gasteiger partial charge in [0.15, 0.2) is 0 Å². The molecule has 0 aromatic heterocycles. The van der Waals surface area contributed by atoms with Crippen LogP contribution < -0.4 is 10.1 Å². The summed E-state index contributed by atoms with van der Waals surface area (Å²) >= 11 is 7.22. The second-order valence-electron chi connectivity index (χ2n) is 4.68. The molecule has 0 saturated carbocycles. The van der Waals surface area contributed by atoms with Crippen molar-refractivity contribution in [3.8, 4) is 5.75 Å². The van der Waals surface area contributed by atoms with Gasteiger partial charge >= 0.3 is 0 Å². The molecule has 0 heterocycles. The molecule has 0 radical (unpaired) electrons. The molecule has 0 fully saturated rings. The molecule has 0 bridgehead atoms. The molecule has 0 spiro atoms. The van der Waals surface area contributed by atoms with Crippen LogP contribution >= 0.6 is 31.9 Å². The van der Waals surface area contributed by atoms with Crippen LogP contribution in [-0.2, 0) is 6.54 Å². The topological polar surface area (TPSA) is 21.3 Å². The quantitative estimate of drug-likeness (QED) is 0.731. The smallest absolute Gasteiger partial charge is 0.148 e. The third-order valence-corrected chi connectivity index (χ3v) is 4.29. The molecule has 19 heavy (non-hydrogen) atoms. The molecule has 1 aromatic carbocycles. The minimum Gasteiger partial charge on any atom is -0.484 e. The number of hydrogen-bond donors (Lipinski definition) is 1. The van der Waals surface area contributed by atoms with Gasteiger partial charge in [0.25, 0.3) is 0 Å². The van der Waals surface area contributed by atoms with E-state index in [1.807, 2.05) is 0 Å². The number of benzene rings is 1. The number of nitrogens with one attached hydrogen (secondary N) is 1. The summed E-state index contributed by atoms with van der Waals surface area (Å²) in [6, 6.07) is 4.24. The maximum Gasteiger partial charge on any atom is 0.148 e. The molecule has 1 aromatic rings. The molecular formula is C15H19Br2NO. The molecule has 1 N–H and O–H groups in total. The standard InChI is InChI=1S/C15H19Br2NO/c1-2-18-10-11-8-13(16)15(14(17)9-11)19-12-6-4-3-5-7-12/h4,6,8-9,12,18H,2-3,5,7,10H2,1H3. The highest BCUT2D eigenvalue weighted by molar-refractivity contribution is 9.11. The van der Waals surface area contributed by atoms with E-state index in [4.69, 9.17) is 4.74 Å². The fourth-order valence-corrected chi connectivity index (χ4v) is 3.60. The zero-order valence-corrected chi connectivity index (χ0v) is 14.3. The number of rotatable bonds is 5. The van der Waals surface area contributed by atoms with Crippen LogP contribution in [-0.4, -0.2) is 12.6 Å². The highest BCUT2D eigenvalue weighted by Gasteiger charge is 2.15. The number of ether oxygens (including phenoxy) is 1. The maximum atomic E-state index is 6.08. The van der Waals surface area contributed by atoms with Crippen molar-refractivity contribution in [2.24, 2.45) is 0 Å². The van der Waals surface area contributed by atoms with Gasteiger partial charge in [-0.25, -0.2) is 0 Å². The van der Waals surface area contributed by atoms with E-state index < -0.39 is 0 Å². The molecule has 1 atom stereocenters. The van der Waals surface area contributed by atoms with Crippen LogP contribution in [0, 0.1) is 0 Å². The predicted octanol–water partition coefficient (Wildman–Crippen LogP) is 4.81. The summed E-state index contributed by atoms with van der Waals surface area (Å²) in [6.45, 7) is 3.95. The molecular weight excluding hydrogens is 370 g/mol. The molecule has 0 amide bonds. The van der Waals surface area contributed by atoms with Gasteiger partial charge in [-0.3, -0.25) is 0 Å². The van der Waals surface area contributed by atoms with Gasteiger partial charge in [-0.2, -0.15) is 0 Å². The van der Waals surface area contributed by atoms with Gasteiger partial charge in [0.05, 0.1) is 8.95 Å². The van der Waals surface area contributed by atoms with Crippen LogP contribution in [0.1, 0.15) is 31.7 Å². The Morgan fingerprint density at radius 3 is 2.63 bits per heavy atom. The largest absolute Gasteiger partial charge is 0.484 e. The predicted molar refractivity (Wildman–Crippen MR) is 86.6 cm³/mol. The number of allylic oxidation sites excluding steroid dienone is 1. The average molecular weight is 389 g/mol. The van der Waals surface area contributed by atoms with Crippen molar-refractivity contribution in [2.45, 2.75) is 38.8 Å². The van der Waals surface area contributed by atoms with Crippen LogP contribution in [0.2, 0.25) is 0 Å². The molecule has 0 saturated heterocycles. The molecule has 1 aliphatic carbocycles. The monoisotopic (exact) mass is 387 g/mol. The Labute approximate surface area is 131 Å². The van der Waals surface area contributed by atoms with E-state index in [1.165, 1.54) is 18.4 Å². The van der Waals surface area contributed by atoms with E-state index in [0.717, 1.165) is 34.2 Å². The van der Waals surface area contributed by atoms with Crippen molar-refractivity contribution in [1.29, 1.82) is 0 Å². The Bertz CT molecular complexity index is 436. The van der Waals surface area contributed by atoms with Gasteiger partial charge in [0, 0.05) is 6.54 Å².